The van der Waals surface area contributed by atoms with Crippen LogP contribution in [0.25, 0.3) is 12.2 Å². The van der Waals surface area contributed by atoms with Crippen molar-refractivity contribution in [3.63, 3.8) is 0 Å². The second-order valence-electron chi connectivity index (χ2n) is 4.76. The molecule has 3 heteroatoms. The van der Waals surface area contributed by atoms with Crippen molar-refractivity contribution < 1.29 is 4.42 Å². The van der Waals surface area contributed by atoms with Crippen LogP contribution in [0.4, 0.5) is 0 Å². The Hall–Kier alpha value is -2.68. The van der Waals surface area contributed by atoms with Crippen molar-refractivity contribution in [2.24, 2.45) is 0 Å². The summed E-state index contributed by atoms with van der Waals surface area (Å²) in [5.41, 5.74) is 2.39. The Morgan fingerprint density at radius 2 is 1.48 bits per heavy atom. The van der Waals surface area contributed by atoms with Gasteiger partial charge in [0.2, 0.25) is 11.8 Å². The van der Waals surface area contributed by atoms with Gasteiger partial charge in [0.15, 0.2) is 0 Å². The zero-order valence-corrected chi connectivity index (χ0v) is 11.6. The molecule has 0 amide bonds. The quantitative estimate of drug-likeness (QED) is 0.706. The van der Waals surface area contributed by atoms with E-state index in [1.165, 1.54) is 5.56 Å². The van der Waals surface area contributed by atoms with Crippen LogP contribution in [0.5, 0.6) is 0 Å². The summed E-state index contributed by atoms with van der Waals surface area (Å²) in [6, 6.07) is 20.4. The Labute approximate surface area is 124 Å². The highest BCUT2D eigenvalue weighted by molar-refractivity contribution is 5.65. The molecule has 3 nitrogen and oxygen atoms in total. The smallest absolute Gasteiger partial charge is 0.240 e. The number of hydrogen-bond acceptors (Lipinski definition) is 3. The molecule has 21 heavy (non-hydrogen) atoms. The van der Waals surface area contributed by atoms with Gasteiger partial charge in [-0.1, -0.05) is 60.7 Å². The molecule has 3 aromatic rings. The first-order valence-corrected chi connectivity index (χ1v) is 6.99. The summed E-state index contributed by atoms with van der Waals surface area (Å²) >= 11 is 0. The second kappa shape index (κ2) is 6.66. The van der Waals surface area contributed by atoms with Gasteiger partial charge in [0.25, 0.3) is 0 Å². The largest absolute Gasteiger partial charge is 0.421 e. The van der Waals surface area contributed by atoms with Crippen molar-refractivity contribution in [1.82, 2.24) is 10.2 Å². The minimum Gasteiger partial charge on any atom is -0.421 e. The van der Waals surface area contributed by atoms with Gasteiger partial charge < -0.3 is 4.42 Å². The van der Waals surface area contributed by atoms with Crippen molar-refractivity contribution >= 4 is 12.2 Å². The summed E-state index contributed by atoms with van der Waals surface area (Å²) in [5.74, 6) is 1.22. The first-order chi connectivity index (χ1) is 10.4. The van der Waals surface area contributed by atoms with E-state index in [9.17, 15) is 0 Å². The van der Waals surface area contributed by atoms with Crippen LogP contribution in [-0.2, 0) is 12.8 Å². The third kappa shape index (κ3) is 3.89. The highest BCUT2D eigenvalue weighted by Crippen LogP contribution is 2.09. The topological polar surface area (TPSA) is 38.9 Å². The van der Waals surface area contributed by atoms with E-state index in [-0.39, 0.29) is 0 Å². The molecule has 1 heterocycles. The molecule has 0 aliphatic heterocycles. The highest BCUT2D eigenvalue weighted by atomic mass is 16.4. The lowest BCUT2D eigenvalue weighted by Crippen LogP contribution is -1.90. The van der Waals surface area contributed by atoms with Gasteiger partial charge in [-0.3, -0.25) is 0 Å². The van der Waals surface area contributed by atoms with Crippen LogP contribution in [0, 0.1) is 0 Å². The predicted octanol–water partition coefficient (Wildman–Crippen LogP) is 4.03. The molecule has 0 aliphatic carbocycles. The lowest BCUT2D eigenvalue weighted by molar-refractivity contribution is 0.484. The molecule has 0 radical (unpaired) electrons. The summed E-state index contributed by atoms with van der Waals surface area (Å²) < 4.78 is 5.62. The molecule has 0 fully saturated rings. The van der Waals surface area contributed by atoms with E-state index in [0.29, 0.717) is 11.8 Å². The van der Waals surface area contributed by atoms with E-state index in [4.69, 9.17) is 4.42 Å². The molecular weight excluding hydrogens is 260 g/mol. The Kier molecular flexibility index (Phi) is 4.22. The van der Waals surface area contributed by atoms with Crippen molar-refractivity contribution in [2.75, 3.05) is 0 Å². The van der Waals surface area contributed by atoms with Crippen LogP contribution in [0.2, 0.25) is 0 Å². The fourth-order valence-electron chi connectivity index (χ4n) is 2.06. The van der Waals surface area contributed by atoms with Gasteiger partial charge in [0.1, 0.15) is 0 Å². The fourth-order valence-corrected chi connectivity index (χ4v) is 2.06. The zero-order chi connectivity index (χ0) is 14.3. The van der Waals surface area contributed by atoms with Gasteiger partial charge >= 0.3 is 0 Å². The molecule has 0 N–H and O–H groups in total. The van der Waals surface area contributed by atoms with Gasteiger partial charge in [0.05, 0.1) is 0 Å². The van der Waals surface area contributed by atoms with Crippen LogP contribution in [0.15, 0.2) is 65.1 Å². The van der Waals surface area contributed by atoms with Gasteiger partial charge in [-0.25, -0.2) is 0 Å². The first-order valence-electron chi connectivity index (χ1n) is 6.99. The average Bonchev–Trinajstić information content (AvgIpc) is 3.01. The standard InChI is InChI=1S/C18H16N2O/c1-3-7-15(8-4-1)11-13-17-19-20-18(21-17)14-12-16-9-5-2-6-10-16/h1-11,13H,12,14H2. The summed E-state index contributed by atoms with van der Waals surface area (Å²) in [6.07, 6.45) is 5.48. The molecule has 0 bridgehead atoms. The van der Waals surface area contributed by atoms with Crippen molar-refractivity contribution in [3.8, 4) is 0 Å². The average molecular weight is 276 g/mol. The molecule has 1 aromatic heterocycles. The van der Waals surface area contributed by atoms with E-state index in [2.05, 4.69) is 22.3 Å². The summed E-state index contributed by atoms with van der Waals surface area (Å²) in [5, 5.41) is 8.12. The molecule has 0 saturated carbocycles. The van der Waals surface area contributed by atoms with Crippen LogP contribution in [0.3, 0.4) is 0 Å². The molecule has 0 aliphatic rings. The zero-order valence-electron chi connectivity index (χ0n) is 11.6. The molecule has 0 unspecified atom stereocenters. The fraction of sp³-hybridized carbons (Fsp3) is 0.111. The highest BCUT2D eigenvalue weighted by Gasteiger charge is 2.03. The summed E-state index contributed by atoms with van der Waals surface area (Å²) in [6.45, 7) is 0. The number of hydrogen-bond donors (Lipinski definition) is 0. The van der Waals surface area contributed by atoms with Gasteiger partial charge in [-0.2, -0.15) is 0 Å². The van der Waals surface area contributed by atoms with E-state index in [1.807, 2.05) is 60.7 Å². The van der Waals surface area contributed by atoms with Crippen LogP contribution in [0.1, 0.15) is 22.9 Å². The van der Waals surface area contributed by atoms with Crippen molar-refractivity contribution in [1.29, 1.82) is 0 Å². The van der Waals surface area contributed by atoms with E-state index >= 15 is 0 Å². The molecule has 0 saturated heterocycles. The molecule has 104 valence electrons. The maximum Gasteiger partial charge on any atom is 0.240 e. The van der Waals surface area contributed by atoms with E-state index < -0.39 is 0 Å². The Morgan fingerprint density at radius 1 is 0.762 bits per heavy atom. The molecule has 0 spiro atoms. The predicted molar refractivity (Wildman–Crippen MR) is 83.5 cm³/mol. The van der Waals surface area contributed by atoms with Crippen molar-refractivity contribution in [3.05, 3.63) is 83.6 Å². The SMILES string of the molecule is C(=Cc1nnc(CCc2ccccc2)o1)c1ccccc1. The normalized spacial score (nSPS) is 11.0. The summed E-state index contributed by atoms with van der Waals surface area (Å²) in [7, 11) is 0. The number of aryl methyl sites for hydroxylation is 2. The lowest BCUT2D eigenvalue weighted by atomic mass is 10.1. The monoisotopic (exact) mass is 276 g/mol. The molecule has 0 atom stereocenters. The van der Waals surface area contributed by atoms with Gasteiger partial charge in [-0.15, -0.1) is 10.2 Å². The van der Waals surface area contributed by atoms with Crippen molar-refractivity contribution in [2.45, 2.75) is 12.8 Å². The second-order valence-corrected chi connectivity index (χ2v) is 4.76. The Morgan fingerprint density at radius 3 is 2.24 bits per heavy atom. The number of benzene rings is 2. The first kappa shape index (κ1) is 13.3. The Balaban J connectivity index is 1.60. The number of nitrogens with zero attached hydrogens (tertiary/aromatic N) is 2. The van der Waals surface area contributed by atoms with Crippen LogP contribution in [-0.4, -0.2) is 10.2 Å². The molecule has 2 aromatic carbocycles. The maximum atomic E-state index is 5.62. The summed E-state index contributed by atoms with van der Waals surface area (Å²) in [4.78, 5) is 0. The van der Waals surface area contributed by atoms with Crippen LogP contribution >= 0.6 is 0 Å². The number of aromatic nitrogens is 2. The van der Waals surface area contributed by atoms with Crippen LogP contribution < -0.4 is 0 Å². The third-order valence-corrected chi connectivity index (χ3v) is 3.17. The lowest BCUT2D eigenvalue weighted by Gasteiger charge is -1.96. The molecular formula is C18H16N2O. The Bertz CT molecular complexity index is 702. The van der Waals surface area contributed by atoms with E-state index in [1.54, 1.807) is 0 Å². The van der Waals surface area contributed by atoms with Gasteiger partial charge in [0, 0.05) is 12.5 Å². The minimum atomic E-state index is 0.543. The minimum absolute atomic E-state index is 0.543. The number of rotatable bonds is 5. The van der Waals surface area contributed by atoms with Gasteiger partial charge in [-0.05, 0) is 23.6 Å². The van der Waals surface area contributed by atoms with E-state index in [0.717, 1.165) is 18.4 Å². The third-order valence-electron chi connectivity index (χ3n) is 3.17. The molecule has 3 rings (SSSR count). The maximum absolute atomic E-state index is 5.62.